The van der Waals surface area contributed by atoms with Gasteiger partial charge in [0.2, 0.25) is 0 Å². The molecule has 0 aliphatic heterocycles. The van der Waals surface area contributed by atoms with Gasteiger partial charge in [0.15, 0.2) is 0 Å². The van der Waals surface area contributed by atoms with Gasteiger partial charge >= 0.3 is 5.97 Å². The third kappa shape index (κ3) is 6.31. The number of aromatic hydroxyl groups is 2. The van der Waals surface area contributed by atoms with Gasteiger partial charge in [-0.25, -0.2) is 0 Å². The Kier molecular flexibility index (Phi) is 7.33. The van der Waals surface area contributed by atoms with Gasteiger partial charge in [0.25, 0.3) is 0 Å². The molecule has 1 atom stereocenters. The molecule has 4 nitrogen and oxygen atoms in total. The van der Waals surface area contributed by atoms with Crippen LogP contribution < -0.4 is 0 Å². The maximum Gasteiger partial charge on any atom is 0.306 e. The number of rotatable bonds is 5. The highest BCUT2D eigenvalue weighted by Gasteiger charge is 2.28. The van der Waals surface area contributed by atoms with Gasteiger partial charge < -0.3 is 15.3 Å². The fraction of sp³-hybridized carbons (Fsp3) is 0.552. The maximum atomic E-state index is 11.5. The highest BCUT2D eigenvalue weighted by atomic mass is 16.4. The molecule has 0 heterocycles. The largest absolute Gasteiger partial charge is 0.507 e. The molecular formula is C29H42O4. The number of benzene rings is 2. The lowest BCUT2D eigenvalue weighted by Gasteiger charge is -2.28. The predicted octanol–water partition coefficient (Wildman–Crippen LogP) is 6.84. The van der Waals surface area contributed by atoms with E-state index in [0.717, 1.165) is 33.4 Å². The normalized spacial score (nSPS) is 13.8. The second-order valence-corrected chi connectivity index (χ2v) is 12.6. The lowest BCUT2D eigenvalue weighted by Crippen LogP contribution is -2.18. The van der Waals surface area contributed by atoms with Gasteiger partial charge in [-0.15, -0.1) is 0 Å². The highest BCUT2D eigenvalue weighted by molar-refractivity contribution is 5.70. The molecule has 0 saturated carbocycles. The Balaban J connectivity index is 2.69. The van der Waals surface area contributed by atoms with E-state index < -0.39 is 11.9 Å². The molecule has 0 aliphatic carbocycles. The van der Waals surface area contributed by atoms with Crippen LogP contribution in [0.5, 0.6) is 11.5 Å². The van der Waals surface area contributed by atoms with Crippen molar-refractivity contribution in [3.63, 3.8) is 0 Å². The number of hydrogen-bond acceptors (Lipinski definition) is 3. The van der Waals surface area contributed by atoms with Crippen LogP contribution in [0.15, 0.2) is 24.3 Å². The summed E-state index contributed by atoms with van der Waals surface area (Å²) in [4.78, 5) is 11.5. The zero-order valence-electron chi connectivity index (χ0n) is 22.1. The molecule has 1 unspecified atom stereocenters. The van der Waals surface area contributed by atoms with Crippen molar-refractivity contribution in [3.05, 3.63) is 57.6 Å². The second-order valence-electron chi connectivity index (χ2n) is 12.6. The minimum absolute atomic E-state index is 0.239. The van der Waals surface area contributed by atoms with E-state index in [-0.39, 0.29) is 22.0 Å². The van der Waals surface area contributed by atoms with Crippen LogP contribution in [0.4, 0.5) is 0 Å². The Hall–Kier alpha value is -2.49. The van der Waals surface area contributed by atoms with Crippen LogP contribution in [0.2, 0.25) is 0 Å². The van der Waals surface area contributed by atoms with E-state index in [2.05, 4.69) is 41.5 Å². The van der Waals surface area contributed by atoms with Crippen molar-refractivity contribution < 1.29 is 20.1 Å². The first kappa shape index (κ1) is 26.8. The van der Waals surface area contributed by atoms with Crippen molar-refractivity contribution in [1.82, 2.24) is 0 Å². The molecule has 0 amide bonds. The third-order valence-corrected chi connectivity index (χ3v) is 6.20. The van der Waals surface area contributed by atoms with Crippen LogP contribution in [0.1, 0.15) is 103 Å². The van der Waals surface area contributed by atoms with Crippen molar-refractivity contribution in [2.75, 3.05) is 0 Å². The first-order valence-electron chi connectivity index (χ1n) is 11.8. The average molecular weight is 455 g/mol. The number of carboxylic acids is 1. The molecule has 2 aromatic carbocycles. The fourth-order valence-electron chi connectivity index (χ4n) is 4.19. The summed E-state index contributed by atoms with van der Waals surface area (Å²) in [5.41, 5.74) is 4.53. The first-order chi connectivity index (χ1) is 14.8. The van der Waals surface area contributed by atoms with Crippen LogP contribution >= 0.6 is 0 Å². The number of carbonyl (C=O) groups is 1. The molecule has 0 aliphatic rings. The average Bonchev–Trinajstić information content (AvgIpc) is 2.62. The van der Waals surface area contributed by atoms with Gasteiger partial charge in [-0.05, 0) is 56.0 Å². The summed E-state index contributed by atoms with van der Waals surface area (Å²) < 4.78 is 0. The monoisotopic (exact) mass is 454 g/mol. The molecule has 0 fully saturated rings. The zero-order valence-corrected chi connectivity index (χ0v) is 22.1. The molecule has 0 aromatic heterocycles. The number of carboxylic acid groups (broad SMARTS) is 1. The van der Waals surface area contributed by atoms with E-state index in [1.807, 2.05) is 45.0 Å². The summed E-state index contributed by atoms with van der Waals surface area (Å²) in [6, 6.07) is 7.95. The molecule has 0 bridgehead atoms. The minimum Gasteiger partial charge on any atom is -0.507 e. The number of phenolic OH excluding ortho intramolecular Hbond substituents is 2. The lowest BCUT2D eigenvalue weighted by molar-refractivity contribution is -0.141. The molecule has 2 rings (SSSR count). The second kappa shape index (κ2) is 9.04. The summed E-state index contributed by atoms with van der Waals surface area (Å²) in [6.45, 7) is 20.4. The van der Waals surface area contributed by atoms with Crippen molar-refractivity contribution >= 4 is 5.97 Å². The maximum absolute atomic E-state index is 11.5. The number of hydrogen-bond donors (Lipinski definition) is 3. The topological polar surface area (TPSA) is 77.8 Å². The minimum atomic E-state index is -0.829. The zero-order chi connectivity index (χ0) is 25.5. The molecular weight excluding hydrogens is 412 g/mol. The summed E-state index contributed by atoms with van der Waals surface area (Å²) >= 11 is 0. The van der Waals surface area contributed by atoms with Crippen molar-refractivity contribution in [2.24, 2.45) is 5.92 Å². The van der Waals surface area contributed by atoms with Crippen molar-refractivity contribution in [2.45, 2.75) is 98.3 Å². The summed E-state index contributed by atoms with van der Waals surface area (Å²) in [7, 11) is 0. The molecule has 2 aromatic rings. The Morgan fingerprint density at radius 1 is 0.727 bits per heavy atom. The van der Waals surface area contributed by atoms with E-state index >= 15 is 0 Å². The van der Waals surface area contributed by atoms with E-state index in [0.29, 0.717) is 18.6 Å². The molecule has 0 spiro atoms. The molecule has 3 N–H and O–H groups in total. The van der Waals surface area contributed by atoms with Gasteiger partial charge in [-0.1, -0.05) is 93.5 Å². The van der Waals surface area contributed by atoms with Gasteiger partial charge in [0, 0.05) is 6.42 Å². The summed E-state index contributed by atoms with van der Waals surface area (Å²) in [5, 5.41) is 31.6. The van der Waals surface area contributed by atoms with Gasteiger partial charge in [0.1, 0.15) is 11.5 Å². The molecule has 0 saturated heterocycles. The Morgan fingerprint density at radius 2 is 1.12 bits per heavy atom. The van der Waals surface area contributed by atoms with Crippen LogP contribution in [-0.4, -0.2) is 21.3 Å². The first-order valence-corrected chi connectivity index (χ1v) is 11.8. The Labute approximate surface area is 199 Å². The molecule has 4 heteroatoms. The van der Waals surface area contributed by atoms with Crippen molar-refractivity contribution in [3.8, 4) is 11.5 Å². The van der Waals surface area contributed by atoms with Gasteiger partial charge in [-0.2, -0.15) is 0 Å². The summed E-state index contributed by atoms with van der Waals surface area (Å²) in [6.07, 6.45) is 0.901. The lowest BCUT2D eigenvalue weighted by atomic mass is 9.77. The summed E-state index contributed by atoms with van der Waals surface area (Å²) in [5.74, 6) is -0.742. The van der Waals surface area contributed by atoms with Gasteiger partial charge in [-0.3, -0.25) is 4.79 Å². The Morgan fingerprint density at radius 3 is 1.52 bits per heavy atom. The third-order valence-electron chi connectivity index (χ3n) is 6.20. The standard InChI is InChI=1S/C29H42O4/c1-17(26(32)33)11-18-12-20(24(30)21(14-18)27(2,3)4)13-19-15-22(28(5,6)7)25(31)23(16-19)29(8,9)10/h12,14-17,30-31H,11,13H2,1-10H3,(H,32,33). The van der Waals surface area contributed by atoms with Crippen LogP contribution in [-0.2, 0) is 33.9 Å². The number of phenols is 2. The SMILES string of the molecule is CC(Cc1cc(Cc2cc(C(C)(C)C)c(O)c(C(C)(C)C)c2)c(O)c(C(C)(C)C)c1)C(=O)O. The van der Waals surface area contributed by atoms with E-state index in [4.69, 9.17) is 0 Å². The molecule has 0 radical (unpaired) electrons. The van der Waals surface area contributed by atoms with E-state index in [1.165, 1.54) is 0 Å². The Bertz CT molecular complexity index is 992. The van der Waals surface area contributed by atoms with Crippen LogP contribution in [0.3, 0.4) is 0 Å². The van der Waals surface area contributed by atoms with Crippen LogP contribution in [0.25, 0.3) is 0 Å². The van der Waals surface area contributed by atoms with E-state index in [9.17, 15) is 20.1 Å². The highest BCUT2D eigenvalue weighted by Crippen LogP contribution is 2.41. The molecule has 33 heavy (non-hydrogen) atoms. The number of aliphatic carboxylic acids is 1. The molecule has 182 valence electrons. The van der Waals surface area contributed by atoms with Crippen LogP contribution in [0, 0.1) is 5.92 Å². The fourth-order valence-corrected chi connectivity index (χ4v) is 4.19. The van der Waals surface area contributed by atoms with Gasteiger partial charge in [0.05, 0.1) is 5.92 Å². The van der Waals surface area contributed by atoms with Crippen molar-refractivity contribution in [1.29, 1.82) is 0 Å². The predicted molar refractivity (Wildman–Crippen MR) is 136 cm³/mol. The smallest absolute Gasteiger partial charge is 0.306 e. The van der Waals surface area contributed by atoms with E-state index in [1.54, 1.807) is 6.92 Å². The quantitative estimate of drug-likeness (QED) is 0.462.